The zero-order valence-electron chi connectivity index (χ0n) is 9.65. The van der Waals surface area contributed by atoms with Crippen LogP contribution in [0.4, 0.5) is 0 Å². The number of benzene rings is 1. The quantitative estimate of drug-likeness (QED) is 0.709. The third-order valence-corrected chi connectivity index (χ3v) is 3.00. The van der Waals surface area contributed by atoms with E-state index in [-0.39, 0.29) is 5.75 Å². The fraction of sp³-hybridized carbons (Fsp3) is 0.308. The zero-order chi connectivity index (χ0) is 12.0. The molecule has 2 heterocycles. The molecule has 0 saturated heterocycles. The van der Waals surface area contributed by atoms with E-state index in [1.54, 1.807) is 13.0 Å². The number of fused-ring (bicyclic) bond motifs is 3. The van der Waals surface area contributed by atoms with Crippen molar-refractivity contribution in [1.29, 1.82) is 0 Å². The van der Waals surface area contributed by atoms with Gasteiger partial charge in [0.2, 0.25) is 5.79 Å². The van der Waals surface area contributed by atoms with Crippen LogP contribution in [0, 0.1) is 0 Å². The van der Waals surface area contributed by atoms with Crippen molar-refractivity contribution in [3.63, 3.8) is 0 Å². The number of rotatable bonds is 1. The Labute approximate surface area is 97.8 Å². The van der Waals surface area contributed by atoms with Crippen LogP contribution in [0.3, 0.4) is 0 Å². The molecule has 2 aromatic rings. The Bertz CT molecular complexity index is 643. The monoisotopic (exact) mass is 232 g/mol. The van der Waals surface area contributed by atoms with Crippen LogP contribution in [0.1, 0.15) is 20.3 Å². The summed E-state index contributed by atoms with van der Waals surface area (Å²) in [6, 6.07) is 7.27. The van der Waals surface area contributed by atoms with E-state index < -0.39 is 11.4 Å². The molecule has 88 valence electrons. The minimum absolute atomic E-state index is 0.174. The van der Waals surface area contributed by atoms with Crippen LogP contribution in [-0.4, -0.2) is 5.79 Å². The molecule has 1 unspecified atom stereocenters. The Morgan fingerprint density at radius 3 is 2.65 bits per heavy atom. The van der Waals surface area contributed by atoms with Crippen LogP contribution in [0.15, 0.2) is 33.5 Å². The fourth-order valence-electron chi connectivity index (χ4n) is 1.89. The van der Waals surface area contributed by atoms with Crippen molar-refractivity contribution < 1.29 is 13.9 Å². The lowest BCUT2D eigenvalue weighted by Crippen LogP contribution is -2.33. The summed E-state index contributed by atoms with van der Waals surface area (Å²) in [6.07, 6.45) is 0.648. The summed E-state index contributed by atoms with van der Waals surface area (Å²) in [5.41, 5.74) is 0.0241. The van der Waals surface area contributed by atoms with Gasteiger partial charge in [-0.15, -0.1) is 0 Å². The van der Waals surface area contributed by atoms with Crippen LogP contribution in [0.25, 0.3) is 11.0 Å². The molecule has 4 nitrogen and oxygen atoms in total. The summed E-state index contributed by atoms with van der Waals surface area (Å²) in [7, 11) is 0. The lowest BCUT2D eigenvalue weighted by molar-refractivity contribution is -0.0643. The van der Waals surface area contributed by atoms with Gasteiger partial charge in [-0.2, -0.15) is 0 Å². The predicted octanol–water partition coefficient (Wildman–Crippen LogP) is 2.69. The normalized spacial score (nSPS) is 22.0. The average molecular weight is 232 g/mol. The first kappa shape index (κ1) is 10.2. The van der Waals surface area contributed by atoms with Crippen LogP contribution < -0.4 is 15.1 Å². The van der Waals surface area contributed by atoms with Crippen molar-refractivity contribution in [2.24, 2.45) is 0 Å². The molecular weight excluding hydrogens is 220 g/mol. The molecular formula is C13H12O4. The number of ether oxygens (including phenoxy) is 2. The molecule has 0 bridgehead atoms. The summed E-state index contributed by atoms with van der Waals surface area (Å²) < 4.78 is 16.5. The SMILES string of the molecule is CCC1(C)Oc2c(c3ccccc3oc2=O)O1. The molecule has 1 aromatic carbocycles. The second-order valence-electron chi connectivity index (χ2n) is 4.24. The molecule has 1 aliphatic heterocycles. The van der Waals surface area contributed by atoms with E-state index in [1.165, 1.54) is 0 Å². The maximum absolute atomic E-state index is 11.8. The Morgan fingerprint density at radius 2 is 1.88 bits per heavy atom. The maximum atomic E-state index is 11.8. The molecule has 0 fully saturated rings. The summed E-state index contributed by atoms with van der Waals surface area (Å²) in [5, 5.41) is 0.763. The van der Waals surface area contributed by atoms with Gasteiger partial charge in [-0.1, -0.05) is 19.1 Å². The van der Waals surface area contributed by atoms with Gasteiger partial charge in [-0.3, -0.25) is 0 Å². The van der Waals surface area contributed by atoms with Crippen molar-refractivity contribution >= 4 is 11.0 Å². The second kappa shape index (κ2) is 3.26. The zero-order valence-corrected chi connectivity index (χ0v) is 9.65. The molecule has 0 aliphatic carbocycles. The highest BCUT2D eigenvalue weighted by molar-refractivity contribution is 5.86. The lowest BCUT2D eigenvalue weighted by atomic mass is 10.2. The van der Waals surface area contributed by atoms with E-state index in [4.69, 9.17) is 13.9 Å². The van der Waals surface area contributed by atoms with Gasteiger partial charge in [-0.05, 0) is 12.1 Å². The first-order valence-corrected chi connectivity index (χ1v) is 5.57. The first-order chi connectivity index (χ1) is 8.13. The van der Waals surface area contributed by atoms with Gasteiger partial charge in [-0.25, -0.2) is 4.79 Å². The maximum Gasteiger partial charge on any atom is 0.383 e. The highest BCUT2D eigenvalue weighted by Gasteiger charge is 2.38. The molecule has 0 amide bonds. The molecule has 3 rings (SSSR count). The first-order valence-electron chi connectivity index (χ1n) is 5.57. The van der Waals surface area contributed by atoms with Crippen molar-refractivity contribution in [3.8, 4) is 11.5 Å². The van der Waals surface area contributed by atoms with Gasteiger partial charge >= 0.3 is 5.63 Å². The van der Waals surface area contributed by atoms with Gasteiger partial charge in [0.25, 0.3) is 5.75 Å². The van der Waals surface area contributed by atoms with Crippen molar-refractivity contribution in [1.82, 2.24) is 0 Å². The number of para-hydroxylation sites is 1. The summed E-state index contributed by atoms with van der Waals surface area (Å²) in [5.74, 6) is -0.115. The van der Waals surface area contributed by atoms with Crippen molar-refractivity contribution in [3.05, 3.63) is 34.7 Å². The highest BCUT2D eigenvalue weighted by Crippen LogP contribution is 2.42. The molecule has 0 N–H and O–H groups in total. The van der Waals surface area contributed by atoms with Crippen molar-refractivity contribution in [2.75, 3.05) is 0 Å². The summed E-state index contributed by atoms with van der Waals surface area (Å²) in [4.78, 5) is 11.8. The Kier molecular flexibility index (Phi) is 1.96. The van der Waals surface area contributed by atoms with E-state index >= 15 is 0 Å². The van der Waals surface area contributed by atoms with Gasteiger partial charge in [0, 0.05) is 13.3 Å². The molecule has 17 heavy (non-hydrogen) atoms. The third-order valence-electron chi connectivity index (χ3n) is 3.00. The van der Waals surface area contributed by atoms with E-state index in [2.05, 4.69) is 0 Å². The number of hydrogen-bond acceptors (Lipinski definition) is 4. The largest absolute Gasteiger partial charge is 0.448 e. The molecule has 1 atom stereocenters. The van der Waals surface area contributed by atoms with E-state index in [1.807, 2.05) is 25.1 Å². The average Bonchev–Trinajstić information content (AvgIpc) is 2.69. The number of hydrogen-bond donors (Lipinski definition) is 0. The van der Waals surface area contributed by atoms with Gasteiger partial charge in [0.1, 0.15) is 5.58 Å². The summed E-state index contributed by atoms with van der Waals surface area (Å²) >= 11 is 0. The minimum Gasteiger partial charge on any atom is -0.448 e. The van der Waals surface area contributed by atoms with Crippen LogP contribution in [0.5, 0.6) is 11.5 Å². The molecule has 1 aliphatic rings. The molecule has 0 radical (unpaired) electrons. The Balaban J connectivity index is 2.31. The van der Waals surface area contributed by atoms with Crippen LogP contribution in [-0.2, 0) is 0 Å². The Morgan fingerprint density at radius 1 is 1.18 bits per heavy atom. The smallest absolute Gasteiger partial charge is 0.383 e. The molecule has 0 saturated carbocycles. The summed E-state index contributed by atoms with van der Waals surface area (Å²) in [6.45, 7) is 3.75. The minimum atomic E-state index is -0.777. The van der Waals surface area contributed by atoms with Gasteiger partial charge < -0.3 is 13.9 Å². The second-order valence-corrected chi connectivity index (χ2v) is 4.24. The molecule has 0 spiro atoms. The van der Waals surface area contributed by atoms with E-state index in [0.717, 1.165) is 5.39 Å². The van der Waals surface area contributed by atoms with Crippen LogP contribution >= 0.6 is 0 Å². The topological polar surface area (TPSA) is 48.7 Å². The van der Waals surface area contributed by atoms with E-state index in [0.29, 0.717) is 17.8 Å². The fourth-order valence-corrected chi connectivity index (χ4v) is 1.89. The standard InChI is InChI=1S/C13H12O4/c1-3-13(2)16-10-8-6-4-5-7-9(8)15-12(14)11(10)17-13/h4-7H,3H2,1-2H3. The van der Waals surface area contributed by atoms with Crippen molar-refractivity contribution in [2.45, 2.75) is 26.1 Å². The predicted molar refractivity (Wildman–Crippen MR) is 62.4 cm³/mol. The highest BCUT2D eigenvalue weighted by atomic mass is 16.7. The van der Waals surface area contributed by atoms with Gasteiger partial charge in [0.05, 0.1) is 5.39 Å². The third kappa shape index (κ3) is 1.40. The molecule has 1 aromatic heterocycles. The van der Waals surface area contributed by atoms with E-state index in [9.17, 15) is 4.79 Å². The van der Waals surface area contributed by atoms with Gasteiger partial charge in [0.15, 0.2) is 5.75 Å². The Hall–Kier alpha value is -1.97. The molecule has 4 heteroatoms. The lowest BCUT2D eigenvalue weighted by Gasteiger charge is -2.20. The van der Waals surface area contributed by atoms with Crippen LogP contribution in [0.2, 0.25) is 0 Å².